The van der Waals surface area contributed by atoms with E-state index in [9.17, 15) is 9.59 Å². The van der Waals surface area contributed by atoms with Crippen LogP contribution in [-0.4, -0.2) is 44.9 Å². The molecule has 4 rings (SSSR count). The summed E-state index contributed by atoms with van der Waals surface area (Å²) in [6.45, 7) is 2.88. The van der Waals surface area contributed by atoms with Gasteiger partial charge in [-0.05, 0) is 56.2 Å². The van der Waals surface area contributed by atoms with Crippen molar-refractivity contribution in [2.75, 3.05) is 17.7 Å². The average Bonchev–Trinajstić information content (AvgIpc) is 3.50. The first-order valence-electron chi connectivity index (χ1n) is 9.72. The van der Waals surface area contributed by atoms with Crippen molar-refractivity contribution in [3.05, 3.63) is 48.2 Å². The Hall–Kier alpha value is -2.91. The fraction of sp³-hybridized carbons (Fsp3) is 0.333. The minimum absolute atomic E-state index is 0.0126. The molecule has 0 radical (unpaired) electrons. The first kappa shape index (κ1) is 20.4. The van der Waals surface area contributed by atoms with Gasteiger partial charge in [-0.1, -0.05) is 11.8 Å². The second-order valence-corrected chi connectivity index (χ2v) is 7.94. The van der Waals surface area contributed by atoms with Crippen LogP contribution in [0.2, 0.25) is 0 Å². The molecule has 30 heavy (non-hydrogen) atoms. The van der Waals surface area contributed by atoms with E-state index in [-0.39, 0.29) is 23.5 Å². The van der Waals surface area contributed by atoms with Crippen LogP contribution >= 0.6 is 11.8 Å². The van der Waals surface area contributed by atoms with E-state index < -0.39 is 0 Å². The molecule has 0 saturated carbocycles. The van der Waals surface area contributed by atoms with Gasteiger partial charge >= 0.3 is 0 Å². The quantitative estimate of drug-likeness (QED) is 0.433. The topological polar surface area (TPSA) is 99.3 Å². The van der Waals surface area contributed by atoms with E-state index in [4.69, 9.17) is 9.15 Å². The standard InChI is InChI=1S/C21H22N4O4S/c1-14(26)15-6-8-16(9-7-15)22-19(27)13-30-21-24-23-20(18-5-3-11-29-18)25(21)12-17-4-2-10-28-17/h3,5-9,11,17H,2,4,10,12-13H2,1H3,(H,22,27). The molecule has 3 aromatic rings. The molecule has 1 amide bonds. The minimum atomic E-state index is -0.165. The summed E-state index contributed by atoms with van der Waals surface area (Å²) < 4.78 is 13.2. The molecule has 2 aromatic heterocycles. The zero-order valence-electron chi connectivity index (χ0n) is 16.5. The number of nitrogens with zero attached hydrogens (tertiary/aromatic N) is 3. The van der Waals surface area contributed by atoms with E-state index in [1.807, 2.05) is 10.6 Å². The summed E-state index contributed by atoms with van der Waals surface area (Å²) in [5.41, 5.74) is 1.25. The number of ether oxygens (including phenoxy) is 1. The molecule has 1 atom stereocenters. The van der Waals surface area contributed by atoms with Crippen molar-refractivity contribution in [3.8, 4) is 11.6 Å². The van der Waals surface area contributed by atoms with Gasteiger partial charge in [0.1, 0.15) is 0 Å². The Labute approximate surface area is 178 Å². The van der Waals surface area contributed by atoms with Crippen molar-refractivity contribution < 1.29 is 18.7 Å². The fourth-order valence-electron chi connectivity index (χ4n) is 3.26. The minimum Gasteiger partial charge on any atom is -0.461 e. The number of Topliss-reactive ketones (excluding diaryl/α,β-unsaturated/α-hetero) is 1. The van der Waals surface area contributed by atoms with Crippen LogP contribution in [0.3, 0.4) is 0 Å². The second kappa shape index (κ2) is 9.27. The molecule has 0 bridgehead atoms. The number of hydrogen-bond acceptors (Lipinski definition) is 7. The number of ketones is 1. The highest BCUT2D eigenvalue weighted by molar-refractivity contribution is 7.99. The lowest BCUT2D eigenvalue weighted by atomic mass is 10.1. The van der Waals surface area contributed by atoms with Gasteiger partial charge in [0.15, 0.2) is 16.7 Å². The molecule has 3 heterocycles. The SMILES string of the molecule is CC(=O)c1ccc(NC(=O)CSc2nnc(-c3ccco3)n2CC2CCCO2)cc1. The first-order valence-corrected chi connectivity index (χ1v) is 10.7. The molecule has 1 aromatic carbocycles. The molecule has 156 valence electrons. The summed E-state index contributed by atoms with van der Waals surface area (Å²) in [5.74, 6) is 1.25. The summed E-state index contributed by atoms with van der Waals surface area (Å²) in [6.07, 6.45) is 3.72. The van der Waals surface area contributed by atoms with E-state index in [2.05, 4.69) is 15.5 Å². The van der Waals surface area contributed by atoms with Gasteiger partial charge in [0.2, 0.25) is 11.7 Å². The lowest BCUT2D eigenvalue weighted by Gasteiger charge is -2.14. The molecule has 0 aliphatic carbocycles. The van der Waals surface area contributed by atoms with Crippen LogP contribution in [0.4, 0.5) is 5.69 Å². The molecule has 1 aliphatic heterocycles. The summed E-state index contributed by atoms with van der Waals surface area (Å²) >= 11 is 1.31. The number of carbonyl (C=O) groups excluding carboxylic acids is 2. The van der Waals surface area contributed by atoms with Gasteiger partial charge in [-0.15, -0.1) is 10.2 Å². The average molecular weight is 426 g/mol. The van der Waals surface area contributed by atoms with E-state index in [1.54, 1.807) is 36.6 Å². The first-order chi connectivity index (χ1) is 14.6. The highest BCUT2D eigenvalue weighted by Gasteiger charge is 2.23. The summed E-state index contributed by atoms with van der Waals surface area (Å²) in [4.78, 5) is 23.8. The number of thioether (sulfide) groups is 1. The second-order valence-electron chi connectivity index (χ2n) is 7.00. The van der Waals surface area contributed by atoms with E-state index in [1.165, 1.54) is 18.7 Å². The third-order valence-electron chi connectivity index (χ3n) is 4.78. The monoisotopic (exact) mass is 426 g/mol. The molecule has 1 unspecified atom stereocenters. The van der Waals surface area contributed by atoms with Gasteiger partial charge in [0.05, 0.1) is 24.7 Å². The lowest BCUT2D eigenvalue weighted by Crippen LogP contribution is -2.18. The molecule has 0 spiro atoms. The van der Waals surface area contributed by atoms with Crippen molar-refractivity contribution >= 4 is 29.1 Å². The molecule has 1 fully saturated rings. The zero-order chi connectivity index (χ0) is 20.9. The van der Waals surface area contributed by atoms with Gasteiger partial charge in [-0.2, -0.15) is 0 Å². The molecular formula is C21H22N4O4S. The van der Waals surface area contributed by atoms with E-state index in [0.29, 0.717) is 34.5 Å². The van der Waals surface area contributed by atoms with Gasteiger partial charge in [0, 0.05) is 17.9 Å². The number of anilines is 1. The van der Waals surface area contributed by atoms with Gasteiger partial charge in [-0.25, -0.2) is 0 Å². The zero-order valence-corrected chi connectivity index (χ0v) is 17.4. The van der Waals surface area contributed by atoms with E-state index in [0.717, 1.165) is 19.4 Å². The van der Waals surface area contributed by atoms with Gasteiger partial charge < -0.3 is 14.5 Å². The van der Waals surface area contributed by atoms with Crippen molar-refractivity contribution in [1.82, 2.24) is 14.8 Å². The number of furan rings is 1. The summed E-state index contributed by atoms with van der Waals surface area (Å²) in [7, 11) is 0. The maximum absolute atomic E-state index is 12.4. The number of hydrogen-bond donors (Lipinski definition) is 1. The molecule has 9 heteroatoms. The van der Waals surface area contributed by atoms with Crippen LogP contribution in [0.5, 0.6) is 0 Å². The number of nitrogens with one attached hydrogen (secondary N) is 1. The Morgan fingerprint density at radius 2 is 2.07 bits per heavy atom. The summed E-state index contributed by atoms with van der Waals surface area (Å²) in [5, 5.41) is 12.0. The van der Waals surface area contributed by atoms with Crippen LogP contribution in [-0.2, 0) is 16.1 Å². The van der Waals surface area contributed by atoms with Crippen molar-refractivity contribution in [1.29, 1.82) is 0 Å². The molecular weight excluding hydrogens is 404 g/mol. The van der Waals surface area contributed by atoms with Crippen LogP contribution < -0.4 is 5.32 Å². The number of amides is 1. The Kier molecular flexibility index (Phi) is 6.29. The molecule has 1 saturated heterocycles. The van der Waals surface area contributed by atoms with Crippen LogP contribution in [0.25, 0.3) is 11.6 Å². The van der Waals surface area contributed by atoms with Gasteiger partial charge in [0.25, 0.3) is 0 Å². The largest absolute Gasteiger partial charge is 0.461 e. The van der Waals surface area contributed by atoms with E-state index >= 15 is 0 Å². The Bertz CT molecular complexity index is 1010. The smallest absolute Gasteiger partial charge is 0.234 e. The Morgan fingerprint density at radius 1 is 1.23 bits per heavy atom. The third-order valence-corrected chi connectivity index (χ3v) is 5.74. The lowest BCUT2D eigenvalue weighted by molar-refractivity contribution is -0.113. The Morgan fingerprint density at radius 3 is 2.73 bits per heavy atom. The van der Waals surface area contributed by atoms with Crippen molar-refractivity contribution in [3.63, 3.8) is 0 Å². The van der Waals surface area contributed by atoms with Crippen LogP contribution in [0.1, 0.15) is 30.1 Å². The maximum Gasteiger partial charge on any atom is 0.234 e. The third kappa shape index (κ3) is 4.80. The number of carbonyl (C=O) groups is 2. The highest BCUT2D eigenvalue weighted by atomic mass is 32.2. The van der Waals surface area contributed by atoms with Crippen LogP contribution in [0.15, 0.2) is 52.2 Å². The molecule has 1 aliphatic rings. The molecule has 1 N–H and O–H groups in total. The van der Waals surface area contributed by atoms with Gasteiger partial charge in [-0.3, -0.25) is 14.2 Å². The van der Waals surface area contributed by atoms with Crippen molar-refractivity contribution in [2.45, 2.75) is 37.6 Å². The fourth-order valence-corrected chi connectivity index (χ4v) is 4.00. The number of benzene rings is 1. The predicted octanol–water partition coefficient (Wildman–Crippen LogP) is 3.65. The number of rotatable bonds is 8. The normalized spacial score (nSPS) is 16.0. The van der Waals surface area contributed by atoms with Crippen molar-refractivity contribution in [2.24, 2.45) is 0 Å². The molecule has 8 nitrogen and oxygen atoms in total. The number of aromatic nitrogens is 3. The predicted molar refractivity (Wildman–Crippen MR) is 112 cm³/mol. The maximum atomic E-state index is 12.4. The summed E-state index contributed by atoms with van der Waals surface area (Å²) in [6, 6.07) is 10.5. The van der Waals surface area contributed by atoms with Crippen LogP contribution in [0, 0.1) is 0 Å². The highest BCUT2D eigenvalue weighted by Crippen LogP contribution is 2.27. The Balaban J connectivity index is 1.43.